The number of carbonyl (C=O) groups is 1. The van der Waals surface area contributed by atoms with Crippen LogP contribution in [0.15, 0.2) is 24.4 Å². The molecule has 1 aliphatic heterocycles. The van der Waals surface area contributed by atoms with Crippen LogP contribution in [0.5, 0.6) is 5.75 Å². The summed E-state index contributed by atoms with van der Waals surface area (Å²) in [6.07, 6.45) is 4.37. The van der Waals surface area contributed by atoms with Gasteiger partial charge in [-0.15, -0.1) is 0 Å². The van der Waals surface area contributed by atoms with Crippen LogP contribution in [0.3, 0.4) is 0 Å². The van der Waals surface area contributed by atoms with Gasteiger partial charge in [0.1, 0.15) is 5.75 Å². The Hall–Kier alpha value is -2.30. The molecule has 0 unspecified atom stereocenters. The Morgan fingerprint density at radius 3 is 2.96 bits per heavy atom. The van der Waals surface area contributed by atoms with Crippen LogP contribution in [0, 0.1) is 13.8 Å². The van der Waals surface area contributed by atoms with Gasteiger partial charge in [0.2, 0.25) is 5.91 Å². The standard InChI is InChI=1S/C19H25N3O2/c1-13-6-7-17(24-3)16(9-13)10-18(23)22-8-4-5-15(12-22)19-14(2)11-20-21-19/h6-7,9,11,15H,4-5,8,10,12H2,1-3H3,(H,20,21)/t15-/m0/s1. The third-order valence-corrected chi connectivity index (χ3v) is 4.83. The summed E-state index contributed by atoms with van der Waals surface area (Å²) in [5.74, 6) is 1.30. The number of rotatable bonds is 4. The predicted octanol–water partition coefficient (Wildman–Crippen LogP) is 2.98. The molecular weight excluding hydrogens is 302 g/mol. The van der Waals surface area contributed by atoms with Crippen LogP contribution in [-0.4, -0.2) is 41.2 Å². The first-order valence-electron chi connectivity index (χ1n) is 8.49. The normalized spacial score (nSPS) is 17.8. The zero-order valence-corrected chi connectivity index (χ0v) is 14.6. The molecule has 1 fully saturated rings. The number of carbonyl (C=O) groups excluding carboxylic acids is 1. The number of hydrogen-bond acceptors (Lipinski definition) is 3. The fourth-order valence-electron chi connectivity index (χ4n) is 3.53. The van der Waals surface area contributed by atoms with Gasteiger partial charge in [-0.2, -0.15) is 5.10 Å². The van der Waals surface area contributed by atoms with Gasteiger partial charge in [-0.3, -0.25) is 9.89 Å². The van der Waals surface area contributed by atoms with E-state index in [1.807, 2.05) is 36.2 Å². The lowest BCUT2D eigenvalue weighted by Crippen LogP contribution is -2.40. The molecule has 2 heterocycles. The summed E-state index contributed by atoms with van der Waals surface area (Å²) in [6.45, 7) is 5.69. The number of ether oxygens (including phenoxy) is 1. The third kappa shape index (κ3) is 3.45. The topological polar surface area (TPSA) is 58.2 Å². The van der Waals surface area contributed by atoms with Gasteiger partial charge in [-0.1, -0.05) is 17.7 Å². The number of nitrogens with zero attached hydrogens (tertiary/aromatic N) is 2. The van der Waals surface area contributed by atoms with E-state index in [1.165, 1.54) is 11.3 Å². The number of methoxy groups -OCH3 is 1. The van der Waals surface area contributed by atoms with Crippen LogP contribution in [0.2, 0.25) is 0 Å². The van der Waals surface area contributed by atoms with E-state index in [0.717, 1.165) is 42.8 Å². The van der Waals surface area contributed by atoms with Crippen molar-refractivity contribution in [1.29, 1.82) is 0 Å². The second kappa shape index (κ2) is 7.07. The van der Waals surface area contributed by atoms with E-state index in [1.54, 1.807) is 7.11 Å². The maximum Gasteiger partial charge on any atom is 0.227 e. The molecule has 0 radical (unpaired) electrons. The van der Waals surface area contributed by atoms with Crippen molar-refractivity contribution < 1.29 is 9.53 Å². The van der Waals surface area contributed by atoms with Crippen LogP contribution in [-0.2, 0) is 11.2 Å². The fraction of sp³-hybridized carbons (Fsp3) is 0.474. The van der Waals surface area contributed by atoms with Gasteiger partial charge in [0.25, 0.3) is 0 Å². The van der Waals surface area contributed by atoms with Gasteiger partial charge >= 0.3 is 0 Å². The van der Waals surface area contributed by atoms with Crippen molar-refractivity contribution in [2.24, 2.45) is 0 Å². The minimum atomic E-state index is 0.167. The molecule has 128 valence electrons. The molecule has 3 rings (SSSR count). The SMILES string of the molecule is COc1ccc(C)cc1CC(=O)N1CCC[C@H](c2[nH]ncc2C)C1. The molecule has 0 bridgehead atoms. The Balaban J connectivity index is 1.71. The lowest BCUT2D eigenvalue weighted by atomic mass is 9.92. The number of amides is 1. The monoisotopic (exact) mass is 327 g/mol. The maximum atomic E-state index is 12.8. The van der Waals surface area contributed by atoms with Gasteiger partial charge in [0.15, 0.2) is 0 Å². The van der Waals surface area contributed by atoms with E-state index in [2.05, 4.69) is 17.1 Å². The minimum absolute atomic E-state index is 0.167. The highest BCUT2D eigenvalue weighted by Crippen LogP contribution is 2.28. The number of aromatic nitrogens is 2. The molecule has 1 aliphatic rings. The Morgan fingerprint density at radius 2 is 2.25 bits per heavy atom. The van der Waals surface area contributed by atoms with Crippen LogP contribution in [0.4, 0.5) is 0 Å². The fourth-order valence-corrected chi connectivity index (χ4v) is 3.53. The van der Waals surface area contributed by atoms with Crippen LogP contribution >= 0.6 is 0 Å². The molecule has 1 saturated heterocycles. The molecule has 5 nitrogen and oxygen atoms in total. The van der Waals surface area contributed by atoms with E-state index < -0.39 is 0 Å². The Kier molecular flexibility index (Phi) is 4.88. The molecule has 0 aliphatic carbocycles. The number of nitrogens with one attached hydrogen (secondary N) is 1. The zero-order valence-electron chi connectivity index (χ0n) is 14.6. The number of aromatic amines is 1. The third-order valence-electron chi connectivity index (χ3n) is 4.83. The van der Waals surface area contributed by atoms with Crippen molar-refractivity contribution in [2.45, 2.75) is 39.0 Å². The summed E-state index contributed by atoms with van der Waals surface area (Å²) in [5.41, 5.74) is 4.45. The maximum absolute atomic E-state index is 12.8. The summed E-state index contributed by atoms with van der Waals surface area (Å²) in [6, 6.07) is 5.98. The highest BCUT2D eigenvalue weighted by Gasteiger charge is 2.27. The minimum Gasteiger partial charge on any atom is -0.496 e. The van der Waals surface area contributed by atoms with Crippen molar-refractivity contribution in [3.8, 4) is 5.75 Å². The molecule has 24 heavy (non-hydrogen) atoms. The molecule has 0 spiro atoms. The largest absolute Gasteiger partial charge is 0.496 e. The van der Waals surface area contributed by atoms with Crippen molar-refractivity contribution in [3.63, 3.8) is 0 Å². The van der Waals surface area contributed by atoms with E-state index in [4.69, 9.17) is 4.74 Å². The molecular formula is C19H25N3O2. The average molecular weight is 327 g/mol. The summed E-state index contributed by atoms with van der Waals surface area (Å²) >= 11 is 0. The van der Waals surface area contributed by atoms with Crippen LogP contribution in [0.1, 0.15) is 41.1 Å². The number of aryl methyl sites for hydroxylation is 2. The van der Waals surface area contributed by atoms with Gasteiger partial charge < -0.3 is 9.64 Å². The lowest BCUT2D eigenvalue weighted by molar-refractivity contribution is -0.131. The second-order valence-corrected chi connectivity index (χ2v) is 6.64. The van der Waals surface area contributed by atoms with Gasteiger partial charge in [-0.25, -0.2) is 0 Å². The van der Waals surface area contributed by atoms with E-state index >= 15 is 0 Å². The van der Waals surface area contributed by atoms with Crippen LogP contribution in [0.25, 0.3) is 0 Å². The highest BCUT2D eigenvalue weighted by molar-refractivity contribution is 5.79. The molecule has 1 aromatic carbocycles. The zero-order chi connectivity index (χ0) is 17.1. The number of likely N-dealkylation sites (tertiary alicyclic amines) is 1. The molecule has 1 aromatic heterocycles. The van der Waals surface area contributed by atoms with Gasteiger partial charge in [0, 0.05) is 30.3 Å². The first-order valence-corrected chi connectivity index (χ1v) is 8.49. The Labute approximate surface area is 143 Å². The number of benzene rings is 1. The highest BCUT2D eigenvalue weighted by atomic mass is 16.5. The molecule has 0 saturated carbocycles. The van der Waals surface area contributed by atoms with Crippen molar-refractivity contribution in [1.82, 2.24) is 15.1 Å². The summed E-state index contributed by atoms with van der Waals surface area (Å²) in [5, 5.41) is 7.22. The second-order valence-electron chi connectivity index (χ2n) is 6.64. The summed E-state index contributed by atoms with van der Waals surface area (Å²) in [7, 11) is 1.65. The van der Waals surface area contributed by atoms with Crippen molar-refractivity contribution in [3.05, 3.63) is 46.8 Å². The number of H-pyrrole nitrogens is 1. The van der Waals surface area contributed by atoms with Crippen LogP contribution < -0.4 is 4.74 Å². The first-order chi connectivity index (χ1) is 11.6. The van der Waals surface area contributed by atoms with Gasteiger partial charge in [-0.05, 0) is 38.3 Å². The van der Waals surface area contributed by atoms with E-state index in [9.17, 15) is 4.79 Å². The number of piperidine rings is 1. The number of hydrogen-bond donors (Lipinski definition) is 1. The van der Waals surface area contributed by atoms with Crippen molar-refractivity contribution in [2.75, 3.05) is 20.2 Å². The lowest BCUT2D eigenvalue weighted by Gasteiger charge is -2.33. The molecule has 2 aromatic rings. The summed E-state index contributed by atoms with van der Waals surface area (Å²) in [4.78, 5) is 14.8. The average Bonchev–Trinajstić information content (AvgIpc) is 3.01. The van der Waals surface area contributed by atoms with E-state index in [-0.39, 0.29) is 5.91 Å². The quantitative estimate of drug-likeness (QED) is 0.939. The molecule has 1 N–H and O–H groups in total. The molecule has 1 amide bonds. The Bertz CT molecular complexity index is 723. The van der Waals surface area contributed by atoms with E-state index in [0.29, 0.717) is 12.3 Å². The summed E-state index contributed by atoms with van der Waals surface area (Å²) < 4.78 is 5.40. The Morgan fingerprint density at radius 1 is 1.42 bits per heavy atom. The first kappa shape index (κ1) is 16.6. The van der Waals surface area contributed by atoms with Crippen molar-refractivity contribution >= 4 is 5.91 Å². The van der Waals surface area contributed by atoms with Gasteiger partial charge in [0.05, 0.1) is 19.7 Å². The predicted molar refractivity (Wildman–Crippen MR) is 93.3 cm³/mol. The molecule has 1 atom stereocenters. The molecule has 5 heteroatoms. The smallest absolute Gasteiger partial charge is 0.227 e.